The fourth-order valence-electron chi connectivity index (χ4n) is 3.45. The predicted octanol–water partition coefficient (Wildman–Crippen LogP) is 3.78. The van der Waals surface area contributed by atoms with Crippen molar-refractivity contribution in [3.8, 4) is 5.75 Å². The predicted molar refractivity (Wildman–Crippen MR) is 132 cm³/mol. The number of nitrogens with zero attached hydrogens (tertiary/aromatic N) is 2. The first-order valence-electron chi connectivity index (χ1n) is 10.4. The molecular weight excluding hydrogens is 448 g/mol. The Hall–Kier alpha value is -2.84. The van der Waals surface area contributed by atoms with Crippen molar-refractivity contribution in [1.82, 2.24) is 10.2 Å². The highest BCUT2D eigenvalue weighted by Gasteiger charge is 2.24. The number of hydrogen-bond donors (Lipinski definition) is 2. The van der Waals surface area contributed by atoms with E-state index in [1.54, 1.807) is 37.4 Å². The number of benzene rings is 2. The normalized spacial score (nSPS) is 13.7. The van der Waals surface area contributed by atoms with Gasteiger partial charge in [-0.3, -0.25) is 14.9 Å². The molecular formula is C23H27ClN4O3S. The Morgan fingerprint density at radius 2 is 1.72 bits per heavy atom. The molecule has 1 aliphatic heterocycles. The number of anilines is 2. The number of hydrogen-bond acceptors (Lipinski definition) is 5. The number of carbonyl (C=O) groups is 2. The zero-order chi connectivity index (χ0) is 23.3. The van der Waals surface area contributed by atoms with Gasteiger partial charge in [-0.25, -0.2) is 0 Å². The van der Waals surface area contributed by atoms with Crippen LogP contribution in [0.5, 0.6) is 5.75 Å². The molecule has 2 N–H and O–H groups in total. The average Bonchev–Trinajstić information content (AvgIpc) is 2.78. The van der Waals surface area contributed by atoms with Crippen LogP contribution in [0.4, 0.5) is 11.4 Å². The molecule has 0 atom stereocenters. The van der Waals surface area contributed by atoms with Gasteiger partial charge in [0, 0.05) is 43.3 Å². The number of ether oxygens (including phenoxy) is 1. The molecule has 3 rings (SSSR count). The van der Waals surface area contributed by atoms with Crippen LogP contribution < -0.4 is 20.3 Å². The van der Waals surface area contributed by atoms with Crippen molar-refractivity contribution >= 4 is 52.1 Å². The molecule has 170 valence electrons. The third-order valence-electron chi connectivity index (χ3n) is 5.21. The molecule has 32 heavy (non-hydrogen) atoms. The summed E-state index contributed by atoms with van der Waals surface area (Å²) < 4.78 is 5.10. The van der Waals surface area contributed by atoms with Crippen LogP contribution >= 0.6 is 23.8 Å². The summed E-state index contributed by atoms with van der Waals surface area (Å²) in [5, 5.41) is 6.39. The molecule has 0 radical (unpaired) electrons. The monoisotopic (exact) mass is 474 g/mol. The highest BCUT2D eigenvalue weighted by molar-refractivity contribution is 7.80. The standard InChI is InChI=1S/C23H27ClN4O3S/c1-15(2)22(30)28-12-10-27(11-13-28)20-9-6-17(14-19(20)24)25-23(32)26-21(29)16-4-7-18(31-3)8-5-16/h4-9,14-15H,10-13H2,1-3H3,(H2,25,26,29,32). The molecule has 0 bridgehead atoms. The number of amides is 2. The van der Waals surface area contributed by atoms with Crippen LogP contribution in [0.3, 0.4) is 0 Å². The second-order valence-corrected chi connectivity index (χ2v) is 8.59. The molecule has 7 nitrogen and oxygen atoms in total. The van der Waals surface area contributed by atoms with E-state index in [2.05, 4.69) is 15.5 Å². The van der Waals surface area contributed by atoms with Crippen LogP contribution in [0, 0.1) is 5.92 Å². The number of rotatable bonds is 5. The molecule has 1 aliphatic rings. The smallest absolute Gasteiger partial charge is 0.257 e. The lowest BCUT2D eigenvalue weighted by molar-refractivity contribution is -0.134. The zero-order valence-electron chi connectivity index (χ0n) is 18.4. The quantitative estimate of drug-likeness (QED) is 0.642. The van der Waals surface area contributed by atoms with Crippen LogP contribution in [0.2, 0.25) is 5.02 Å². The fraction of sp³-hybridized carbons (Fsp3) is 0.348. The van der Waals surface area contributed by atoms with E-state index in [1.165, 1.54) is 0 Å². The van der Waals surface area contributed by atoms with E-state index >= 15 is 0 Å². The molecule has 2 aromatic rings. The maximum Gasteiger partial charge on any atom is 0.257 e. The van der Waals surface area contributed by atoms with Gasteiger partial charge in [0.05, 0.1) is 17.8 Å². The summed E-state index contributed by atoms with van der Waals surface area (Å²) in [4.78, 5) is 28.6. The number of thiocarbonyl (C=S) groups is 1. The van der Waals surface area contributed by atoms with E-state index < -0.39 is 0 Å². The van der Waals surface area contributed by atoms with Crippen LogP contribution in [0.1, 0.15) is 24.2 Å². The van der Waals surface area contributed by atoms with Gasteiger partial charge in [0.2, 0.25) is 5.91 Å². The average molecular weight is 475 g/mol. The summed E-state index contributed by atoms with van der Waals surface area (Å²) in [6.07, 6.45) is 0. The van der Waals surface area contributed by atoms with Crippen LogP contribution in [-0.4, -0.2) is 55.1 Å². The Labute approximate surface area is 198 Å². The van der Waals surface area contributed by atoms with Crippen molar-refractivity contribution in [2.75, 3.05) is 43.5 Å². The van der Waals surface area contributed by atoms with Crippen molar-refractivity contribution < 1.29 is 14.3 Å². The first-order valence-corrected chi connectivity index (χ1v) is 11.2. The highest BCUT2D eigenvalue weighted by atomic mass is 35.5. The molecule has 2 amide bonds. The summed E-state index contributed by atoms with van der Waals surface area (Å²) in [5.41, 5.74) is 2.05. The Morgan fingerprint density at radius 1 is 1.06 bits per heavy atom. The van der Waals surface area contributed by atoms with Crippen molar-refractivity contribution in [3.63, 3.8) is 0 Å². The molecule has 0 spiro atoms. The highest BCUT2D eigenvalue weighted by Crippen LogP contribution is 2.30. The minimum atomic E-state index is -0.318. The van der Waals surface area contributed by atoms with Gasteiger partial charge in [-0.15, -0.1) is 0 Å². The first kappa shape index (κ1) is 23.8. The van der Waals surface area contributed by atoms with Crippen LogP contribution in [-0.2, 0) is 4.79 Å². The Kier molecular flexibility index (Phi) is 7.93. The lowest BCUT2D eigenvalue weighted by Gasteiger charge is -2.37. The largest absolute Gasteiger partial charge is 0.497 e. The second-order valence-electron chi connectivity index (χ2n) is 7.77. The van der Waals surface area contributed by atoms with Gasteiger partial charge in [0.1, 0.15) is 5.75 Å². The summed E-state index contributed by atoms with van der Waals surface area (Å²) >= 11 is 11.8. The Morgan fingerprint density at radius 3 is 2.28 bits per heavy atom. The fourth-order valence-corrected chi connectivity index (χ4v) is 3.96. The Bertz CT molecular complexity index is 989. The van der Waals surface area contributed by atoms with E-state index in [1.807, 2.05) is 30.9 Å². The molecule has 9 heteroatoms. The summed E-state index contributed by atoms with van der Waals surface area (Å²) in [7, 11) is 1.57. The molecule has 1 heterocycles. The minimum absolute atomic E-state index is 0.00421. The number of methoxy groups -OCH3 is 1. The molecule has 1 saturated heterocycles. The van der Waals surface area contributed by atoms with Gasteiger partial charge >= 0.3 is 0 Å². The van der Waals surface area contributed by atoms with Gasteiger partial charge in [0.25, 0.3) is 5.91 Å². The Balaban J connectivity index is 1.56. The maximum atomic E-state index is 12.3. The van der Waals surface area contributed by atoms with Gasteiger partial charge < -0.3 is 19.9 Å². The van der Waals surface area contributed by atoms with Gasteiger partial charge in [-0.05, 0) is 54.7 Å². The maximum absolute atomic E-state index is 12.3. The zero-order valence-corrected chi connectivity index (χ0v) is 19.9. The molecule has 0 aliphatic carbocycles. The number of nitrogens with one attached hydrogen (secondary N) is 2. The van der Waals surface area contributed by atoms with Gasteiger partial charge in [-0.1, -0.05) is 25.4 Å². The summed E-state index contributed by atoms with van der Waals surface area (Å²) in [5.74, 6) is 0.539. The SMILES string of the molecule is COc1ccc(C(=O)NC(=S)Nc2ccc(N3CCN(C(=O)C(C)C)CC3)c(Cl)c2)cc1. The van der Waals surface area contributed by atoms with E-state index in [-0.39, 0.29) is 22.8 Å². The molecule has 2 aromatic carbocycles. The minimum Gasteiger partial charge on any atom is -0.497 e. The number of halogens is 1. The van der Waals surface area contributed by atoms with Crippen molar-refractivity contribution in [2.45, 2.75) is 13.8 Å². The molecule has 1 fully saturated rings. The van der Waals surface area contributed by atoms with E-state index in [9.17, 15) is 9.59 Å². The van der Waals surface area contributed by atoms with E-state index in [0.29, 0.717) is 35.1 Å². The summed E-state index contributed by atoms with van der Waals surface area (Å²) in [6.45, 7) is 6.63. The van der Waals surface area contributed by atoms with Crippen molar-refractivity contribution in [3.05, 3.63) is 53.1 Å². The van der Waals surface area contributed by atoms with Crippen molar-refractivity contribution in [1.29, 1.82) is 0 Å². The van der Waals surface area contributed by atoms with Gasteiger partial charge in [-0.2, -0.15) is 0 Å². The third-order valence-corrected chi connectivity index (χ3v) is 5.72. The lowest BCUT2D eigenvalue weighted by Crippen LogP contribution is -2.50. The second kappa shape index (κ2) is 10.7. The number of carbonyl (C=O) groups excluding carboxylic acids is 2. The molecule has 0 aromatic heterocycles. The summed E-state index contributed by atoms with van der Waals surface area (Å²) in [6, 6.07) is 12.3. The number of piperazine rings is 1. The first-order chi connectivity index (χ1) is 15.3. The lowest BCUT2D eigenvalue weighted by atomic mass is 10.1. The topological polar surface area (TPSA) is 73.9 Å². The van der Waals surface area contributed by atoms with Crippen LogP contribution in [0.25, 0.3) is 0 Å². The van der Waals surface area contributed by atoms with Crippen molar-refractivity contribution in [2.24, 2.45) is 5.92 Å². The third kappa shape index (κ3) is 5.89. The van der Waals surface area contributed by atoms with E-state index in [4.69, 9.17) is 28.6 Å². The molecule has 0 saturated carbocycles. The van der Waals surface area contributed by atoms with Gasteiger partial charge in [0.15, 0.2) is 5.11 Å². The molecule has 0 unspecified atom stereocenters. The van der Waals surface area contributed by atoms with E-state index in [0.717, 1.165) is 18.8 Å². The van der Waals surface area contributed by atoms with Crippen LogP contribution in [0.15, 0.2) is 42.5 Å².